The molecule has 0 spiro atoms. The zero-order valence-corrected chi connectivity index (χ0v) is 10.8. The quantitative estimate of drug-likeness (QED) is 0.485. The summed E-state index contributed by atoms with van der Waals surface area (Å²) in [6, 6.07) is 8.28. The van der Waals surface area contributed by atoms with Gasteiger partial charge in [0.25, 0.3) is 0 Å². The molecule has 21 heavy (non-hydrogen) atoms. The van der Waals surface area contributed by atoms with Crippen LogP contribution in [0, 0.1) is 11.8 Å². The van der Waals surface area contributed by atoms with Crippen LogP contribution in [0.5, 0.6) is 0 Å². The molecule has 2 aromatic rings. The summed E-state index contributed by atoms with van der Waals surface area (Å²) < 4.78 is 4.68. The van der Waals surface area contributed by atoms with E-state index in [1.54, 1.807) is 30.3 Å². The number of hydrogen-bond donors (Lipinski definition) is 1. The fourth-order valence-electron chi connectivity index (χ4n) is 2.28. The molecule has 0 saturated heterocycles. The van der Waals surface area contributed by atoms with Crippen molar-refractivity contribution in [1.82, 2.24) is 0 Å². The van der Waals surface area contributed by atoms with Crippen LogP contribution in [0.3, 0.4) is 0 Å². The van der Waals surface area contributed by atoms with Gasteiger partial charge in [-0.1, -0.05) is 24.0 Å². The number of carbonyl (C=O) groups excluding carboxylic acids is 3. The van der Waals surface area contributed by atoms with Crippen molar-refractivity contribution >= 4 is 28.6 Å². The lowest BCUT2D eigenvalue weighted by atomic mass is 9.94. The van der Waals surface area contributed by atoms with Crippen molar-refractivity contribution in [2.75, 3.05) is 0 Å². The average molecular weight is 279 g/mol. The highest BCUT2D eigenvalue weighted by molar-refractivity contribution is 6.21. The largest absolute Gasteiger partial charge is 0.386 e. The van der Waals surface area contributed by atoms with Gasteiger partial charge in [-0.3, -0.25) is 4.79 Å². The smallest absolute Gasteiger partial charge is 0.346 e. The second kappa shape index (κ2) is 4.76. The maximum absolute atomic E-state index is 11.8. The third-order valence-electron chi connectivity index (χ3n) is 3.15. The third-order valence-corrected chi connectivity index (χ3v) is 3.15. The Kier molecular flexibility index (Phi) is 2.92. The first kappa shape index (κ1) is 12.9. The molecule has 5 nitrogen and oxygen atoms in total. The van der Waals surface area contributed by atoms with E-state index in [2.05, 4.69) is 16.6 Å². The first-order valence-electron chi connectivity index (χ1n) is 6.17. The lowest BCUT2D eigenvalue weighted by molar-refractivity contribution is -0.117. The number of ether oxygens (including phenoxy) is 1. The molecule has 2 aromatic carbocycles. The van der Waals surface area contributed by atoms with Gasteiger partial charge in [-0.2, -0.15) is 0 Å². The van der Waals surface area contributed by atoms with Gasteiger partial charge in [-0.15, -0.1) is 0 Å². The molecule has 5 heteroatoms. The molecule has 0 fully saturated rings. The number of primary amides is 1. The van der Waals surface area contributed by atoms with Crippen molar-refractivity contribution in [3.63, 3.8) is 0 Å². The summed E-state index contributed by atoms with van der Waals surface area (Å²) in [6.07, 6.45) is -0.0517. The summed E-state index contributed by atoms with van der Waals surface area (Å²) in [5.74, 6) is 3.66. The standard InChI is InChI=1S/C16H9NO4/c17-13(18)6-1-3-9-7-8-12-14-10(9)4-2-5-11(14)15(19)21-16(12)20/h2,4-5,7-8H,6H2,(H2,17,18). The molecule has 1 aliphatic heterocycles. The van der Waals surface area contributed by atoms with Crippen molar-refractivity contribution < 1.29 is 19.1 Å². The minimum absolute atomic E-state index is 0.0517. The number of carbonyl (C=O) groups is 3. The van der Waals surface area contributed by atoms with Crippen molar-refractivity contribution in [1.29, 1.82) is 0 Å². The molecule has 1 amide bonds. The average Bonchev–Trinajstić information content (AvgIpc) is 2.45. The van der Waals surface area contributed by atoms with Crippen LogP contribution in [-0.4, -0.2) is 17.8 Å². The number of nitrogens with two attached hydrogens (primary N) is 1. The summed E-state index contributed by atoms with van der Waals surface area (Å²) >= 11 is 0. The lowest BCUT2D eigenvalue weighted by Gasteiger charge is -2.15. The molecular weight excluding hydrogens is 270 g/mol. The number of cyclic esters (lactones) is 2. The Labute approximate surface area is 119 Å². The topological polar surface area (TPSA) is 86.5 Å². The van der Waals surface area contributed by atoms with Crippen LogP contribution in [0.2, 0.25) is 0 Å². The van der Waals surface area contributed by atoms with Gasteiger partial charge in [-0.25, -0.2) is 9.59 Å². The van der Waals surface area contributed by atoms with Crippen LogP contribution in [0.1, 0.15) is 32.7 Å². The monoisotopic (exact) mass is 279 g/mol. The fourth-order valence-corrected chi connectivity index (χ4v) is 2.28. The molecule has 0 unspecified atom stereocenters. The van der Waals surface area contributed by atoms with Crippen LogP contribution < -0.4 is 5.73 Å². The van der Waals surface area contributed by atoms with Crippen LogP contribution in [0.25, 0.3) is 10.8 Å². The molecule has 2 N–H and O–H groups in total. The van der Waals surface area contributed by atoms with E-state index in [1.807, 2.05) is 0 Å². The van der Waals surface area contributed by atoms with E-state index in [4.69, 9.17) is 5.73 Å². The fraction of sp³-hybridized carbons (Fsp3) is 0.0625. The Hall–Kier alpha value is -3.13. The van der Waals surface area contributed by atoms with E-state index in [9.17, 15) is 14.4 Å². The predicted octanol–water partition coefficient (Wildman–Crippen LogP) is 1.38. The van der Waals surface area contributed by atoms with Gasteiger partial charge in [-0.05, 0) is 23.6 Å². The summed E-state index contributed by atoms with van der Waals surface area (Å²) in [5.41, 5.74) is 6.33. The van der Waals surface area contributed by atoms with E-state index in [1.165, 1.54) is 0 Å². The van der Waals surface area contributed by atoms with Crippen LogP contribution >= 0.6 is 0 Å². The number of amides is 1. The molecule has 0 radical (unpaired) electrons. The molecule has 0 atom stereocenters. The molecular formula is C16H9NO4. The molecule has 1 heterocycles. The lowest BCUT2D eigenvalue weighted by Crippen LogP contribution is -2.19. The highest BCUT2D eigenvalue weighted by Gasteiger charge is 2.27. The van der Waals surface area contributed by atoms with Crippen LogP contribution in [-0.2, 0) is 9.53 Å². The van der Waals surface area contributed by atoms with Crippen LogP contribution in [0.15, 0.2) is 30.3 Å². The van der Waals surface area contributed by atoms with Gasteiger partial charge < -0.3 is 10.5 Å². The van der Waals surface area contributed by atoms with Crippen molar-refractivity contribution in [2.24, 2.45) is 5.73 Å². The maximum atomic E-state index is 11.8. The second-order valence-electron chi connectivity index (χ2n) is 4.51. The van der Waals surface area contributed by atoms with Gasteiger partial charge in [0, 0.05) is 10.9 Å². The Bertz CT molecular complexity index is 851. The number of esters is 2. The van der Waals surface area contributed by atoms with Crippen molar-refractivity contribution in [3.05, 3.63) is 47.0 Å². The summed E-state index contributed by atoms with van der Waals surface area (Å²) in [6.45, 7) is 0. The number of hydrogen-bond acceptors (Lipinski definition) is 4. The summed E-state index contributed by atoms with van der Waals surface area (Å²) in [5, 5.41) is 1.21. The Morgan fingerprint density at radius 3 is 2.52 bits per heavy atom. The molecule has 102 valence electrons. The van der Waals surface area contributed by atoms with E-state index in [0.717, 1.165) is 0 Å². The van der Waals surface area contributed by atoms with Crippen molar-refractivity contribution in [3.8, 4) is 11.8 Å². The highest BCUT2D eigenvalue weighted by atomic mass is 16.6. The normalized spacial score (nSPS) is 12.6. The van der Waals surface area contributed by atoms with Gasteiger partial charge >= 0.3 is 11.9 Å². The highest BCUT2D eigenvalue weighted by Crippen LogP contribution is 2.30. The van der Waals surface area contributed by atoms with E-state index in [0.29, 0.717) is 27.5 Å². The molecule has 0 bridgehead atoms. The first-order valence-corrected chi connectivity index (χ1v) is 6.17. The SMILES string of the molecule is NC(=O)CC#Cc1ccc2c3c(cccc13)C(=O)OC2=O. The zero-order chi connectivity index (χ0) is 15.0. The third kappa shape index (κ3) is 2.13. The van der Waals surface area contributed by atoms with Gasteiger partial charge in [0.05, 0.1) is 17.5 Å². The van der Waals surface area contributed by atoms with Gasteiger partial charge in [0.1, 0.15) is 0 Å². The Morgan fingerprint density at radius 1 is 1.10 bits per heavy atom. The minimum atomic E-state index is -0.666. The Morgan fingerprint density at radius 2 is 1.81 bits per heavy atom. The zero-order valence-electron chi connectivity index (χ0n) is 10.8. The van der Waals surface area contributed by atoms with Gasteiger partial charge in [0.2, 0.25) is 5.91 Å². The predicted molar refractivity (Wildman–Crippen MR) is 74.4 cm³/mol. The van der Waals surface area contributed by atoms with E-state index in [-0.39, 0.29) is 6.42 Å². The maximum Gasteiger partial charge on any atom is 0.346 e. The molecule has 0 saturated carbocycles. The minimum Gasteiger partial charge on any atom is -0.386 e. The summed E-state index contributed by atoms with van der Waals surface area (Å²) in [7, 11) is 0. The van der Waals surface area contributed by atoms with E-state index >= 15 is 0 Å². The summed E-state index contributed by atoms with van der Waals surface area (Å²) in [4.78, 5) is 34.2. The molecule has 1 aliphatic rings. The molecule has 0 aromatic heterocycles. The molecule has 0 aliphatic carbocycles. The first-order chi connectivity index (χ1) is 10.1. The Balaban J connectivity index is 2.25. The molecule has 3 rings (SSSR count). The van der Waals surface area contributed by atoms with Crippen molar-refractivity contribution in [2.45, 2.75) is 6.42 Å². The van der Waals surface area contributed by atoms with Gasteiger partial charge in [0.15, 0.2) is 0 Å². The second-order valence-corrected chi connectivity index (χ2v) is 4.51. The van der Waals surface area contributed by atoms with E-state index < -0.39 is 17.8 Å². The number of rotatable bonds is 1. The van der Waals surface area contributed by atoms with Crippen LogP contribution in [0.4, 0.5) is 0 Å². The number of benzene rings is 2.